The Morgan fingerprint density at radius 3 is 2.71 bits per heavy atom. The van der Waals surface area contributed by atoms with E-state index < -0.39 is 23.9 Å². The third-order valence-electron chi connectivity index (χ3n) is 4.40. The van der Waals surface area contributed by atoms with Gasteiger partial charge in [-0.1, -0.05) is 19.9 Å². The van der Waals surface area contributed by atoms with E-state index in [2.05, 4.69) is 31.2 Å². The summed E-state index contributed by atoms with van der Waals surface area (Å²) in [6, 6.07) is -2.04. The number of nitrogens with zero attached hydrogens (tertiary/aromatic N) is 2. The fraction of sp³-hybridized carbons (Fsp3) is 0.500. The number of nitrogens with one attached hydrogen (secondary N) is 4. The fourth-order valence-corrected chi connectivity index (χ4v) is 3.61. The molecule has 11 heteroatoms. The van der Waals surface area contributed by atoms with Crippen LogP contribution in [0, 0.1) is 5.92 Å². The summed E-state index contributed by atoms with van der Waals surface area (Å²) in [4.78, 5) is 57.5. The predicted molar refractivity (Wildman–Crippen MR) is 117 cm³/mol. The number of hydrogen-bond acceptors (Lipinski definition) is 7. The molecule has 1 aromatic rings. The van der Waals surface area contributed by atoms with Gasteiger partial charge in [-0.3, -0.25) is 24.2 Å². The van der Waals surface area contributed by atoms with Gasteiger partial charge in [0.15, 0.2) is 0 Å². The van der Waals surface area contributed by atoms with Crippen LogP contribution in [0.3, 0.4) is 0 Å². The van der Waals surface area contributed by atoms with Crippen LogP contribution >= 0.6 is 11.8 Å². The van der Waals surface area contributed by atoms with Crippen LogP contribution in [0.25, 0.3) is 0 Å². The summed E-state index contributed by atoms with van der Waals surface area (Å²) in [5, 5.41) is 10.9. The molecule has 0 aliphatic carbocycles. The molecule has 1 aliphatic heterocycles. The van der Waals surface area contributed by atoms with Crippen LogP contribution < -0.4 is 21.3 Å². The Kier molecular flexibility index (Phi) is 9.44. The maximum atomic E-state index is 12.9. The van der Waals surface area contributed by atoms with E-state index >= 15 is 0 Å². The third kappa shape index (κ3) is 8.00. The first-order valence-corrected chi connectivity index (χ1v) is 11.1. The zero-order chi connectivity index (χ0) is 22.8. The lowest BCUT2D eigenvalue weighted by Gasteiger charge is -2.26. The van der Waals surface area contributed by atoms with Gasteiger partial charge in [0, 0.05) is 42.6 Å². The first kappa shape index (κ1) is 24.3. The number of rotatable bonds is 5. The summed E-state index contributed by atoms with van der Waals surface area (Å²) < 4.78 is 0. The summed E-state index contributed by atoms with van der Waals surface area (Å²) in [6.45, 7) is 5.78. The van der Waals surface area contributed by atoms with E-state index in [1.807, 2.05) is 0 Å². The first-order valence-electron chi connectivity index (χ1n) is 9.99. The van der Waals surface area contributed by atoms with Crippen molar-refractivity contribution < 1.29 is 19.2 Å². The Bertz CT molecular complexity index is 817. The maximum absolute atomic E-state index is 12.9. The molecule has 1 aliphatic rings. The Labute approximate surface area is 185 Å². The van der Waals surface area contributed by atoms with Crippen LogP contribution in [-0.4, -0.2) is 69.8 Å². The second kappa shape index (κ2) is 12.0. The molecule has 0 bridgehead atoms. The summed E-state index contributed by atoms with van der Waals surface area (Å²) in [5.74, 6) is -0.865. The molecule has 0 spiro atoms. The van der Waals surface area contributed by atoms with Crippen molar-refractivity contribution in [3.63, 3.8) is 0 Å². The minimum atomic E-state index is -0.856. The van der Waals surface area contributed by atoms with E-state index in [4.69, 9.17) is 0 Å². The molecule has 1 aromatic heterocycles. The van der Waals surface area contributed by atoms with Crippen LogP contribution in [0.4, 0.5) is 0 Å². The molecular formula is C20H28N6O4S. The lowest BCUT2D eigenvalue weighted by molar-refractivity contribution is -0.130. The molecule has 0 radical (unpaired) electrons. The van der Waals surface area contributed by atoms with E-state index in [0.29, 0.717) is 18.1 Å². The number of aromatic nitrogens is 2. The smallest absolute Gasteiger partial charge is 0.272 e. The van der Waals surface area contributed by atoms with Crippen molar-refractivity contribution in [2.24, 2.45) is 5.92 Å². The minimum absolute atomic E-state index is 0.0999. The van der Waals surface area contributed by atoms with Crippen LogP contribution in [0.15, 0.2) is 30.7 Å². The van der Waals surface area contributed by atoms with E-state index in [0.717, 1.165) is 0 Å². The van der Waals surface area contributed by atoms with Crippen molar-refractivity contribution in [3.8, 4) is 0 Å². The summed E-state index contributed by atoms with van der Waals surface area (Å²) in [5.41, 5.74) is 0.0999. The lowest BCUT2D eigenvalue weighted by atomic mass is 10.0. The van der Waals surface area contributed by atoms with Crippen LogP contribution in [0.2, 0.25) is 0 Å². The molecule has 0 saturated heterocycles. The standard InChI is InChI=1S/C20H28N6O4S/c1-12(2)17(26-18(28)14-10-21-6-7-22-14)20(30)25-15-11-31-9-8-23-16(27)5-4-13(3)24-19(15)29/h4-7,10,12-13,15,17H,8-9,11H2,1-3H3,(H,23,27)(H,24,29)(H,25,30)(H,26,28)/b5-4+/t13-,15-,17?/m0/s1. The molecule has 1 unspecified atom stereocenters. The fourth-order valence-electron chi connectivity index (χ4n) is 2.72. The molecule has 0 fully saturated rings. The summed E-state index contributed by atoms with van der Waals surface area (Å²) >= 11 is 1.44. The Morgan fingerprint density at radius 2 is 2.03 bits per heavy atom. The van der Waals surface area contributed by atoms with Crippen molar-refractivity contribution in [2.45, 2.75) is 38.9 Å². The van der Waals surface area contributed by atoms with Crippen molar-refractivity contribution >= 4 is 35.4 Å². The van der Waals surface area contributed by atoms with Gasteiger partial charge in [-0.05, 0) is 12.8 Å². The van der Waals surface area contributed by atoms with Crippen molar-refractivity contribution in [1.82, 2.24) is 31.2 Å². The molecule has 4 N–H and O–H groups in total. The number of hydrogen-bond donors (Lipinski definition) is 4. The SMILES string of the molecule is CC(C)C(NC(=O)c1cnccn1)C(=O)N[C@H]1CSCCNC(=O)/C=C/[C@H](C)NC1=O. The second-order valence-electron chi connectivity index (χ2n) is 7.37. The second-order valence-corrected chi connectivity index (χ2v) is 8.52. The van der Waals surface area contributed by atoms with Gasteiger partial charge in [-0.15, -0.1) is 0 Å². The van der Waals surface area contributed by atoms with Crippen molar-refractivity contribution in [1.29, 1.82) is 0 Å². The van der Waals surface area contributed by atoms with E-state index in [1.54, 1.807) is 26.8 Å². The molecule has 2 heterocycles. The molecule has 10 nitrogen and oxygen atoms in total. The highest BCUT2D eigenvalue weighted by Gasteiger charge is 2.29. The Morgan fingerprint density at radius 1 is 1.26 bits per heavy atom. The van der Waals surface area contributed by atoms with Crippen LogP contribution in [0.5, 0.6) is 0 Å². The predicted octanol–water partition coefficient (Wildman–Crippen LogP) is -0.360. The summed E-state index contributed by atoms with van der Waals surface area (Å²) in [6.07, 6.45) is 7.12. The number of amides is 4. The van der Waals surface area contributed by atoms with Crippen LogP contribution in [-0.2, 0) is 14.4 Å². The maximum Gasteiger partial charge on any atom is 0.272 e. The molecule has 168 valence electrons. The van der Waals surface area contributed by atoms with Gasteiger partial charge in [0.25, 0.3) is 5.91 Å². The lowest BCUT2D eigenvalue weighted by Crippen LogP contribution is -2.57. The normalized spacial score (nSPS) is 22.2. The van der Waals surface area contributed by atoms with E-state index in [1.165, 1.54) is 36.4 Å². The van der Waals surface area contributed by atoms with Crippen LogP contribution in [0.1, 0.15) is 31.3 Å². The molecule has 4 amide bonds. The largest absolute Gasteiger partial charge is 0.352 e. The van der Waals surface area contributed by atoms with Gasteiger partial charge in [-0.2, -0.15) is 11.8 Å². The third-order valence-corrected chi connectivity index (χ3v) is 5.46. The van der Waals surface area contributed by atoms with E-state index in [-0.39, 0.29) is 29.5 Å². The number of carbonyl (C=O) groups is 4. The van der Waals surface area contributed by atoms with Gasteiger partial charge in [0.1, 0.15) is 17.8 Å². The zero-order valence-electron chi connectivity index (χ0n) is 17.8. The first-order chi connectivity index (χ1) is 14.8. The number of carbonyl (C=O) groups excluding carboxylic acids is 4. The van der Waals surface area contributed by atoms with Gasteiger partial charge in [0.2, 0.25) is 17.7 Å². The Balaban J connectivity index is 2.08. The highest BCUT2D eigenvalue weighted by Crippen LogP contribution is 2.08. The average molecular weight is 449 g/mol. The Hall–Kier alpha value is -2.95. The van der Waals surface area contributed by atoms with Gasteiger partial charge in [0.05, 0.1) is 6.20 Å². The summed E-state index contributed by atoms with van der Waals surface area (Å²) in [7, 11) is 0. The van der Waals surface area contributed by atoms with Crippen molar-refractivity contribution in [2.75, 3.05) is 18.1 Å². The molecule has 3 atom stereocenters. The zero-order valence-corrected chi connectivity index (χ0v) is 18.6. The van der Waals surface area contributed by atoms with E-state index in [9.17, 15) is 19.2 Å². The minimum Gasteiger partial charge on any atom is -0.352 e. The highest BCUT2D eigenvalue weighted by molar-refractivity contribution is 7.99. The monoisotopic (exact) mass is 448 g/mol. The van der Waals surface area contributed by atoms with Crippen molar-refractivity contribution in [3.05, 3.63) is 36.4 Å². The van der Waals surface area contributed by atoms with Gasteiger partial charge >= 0.3 is 0 Å². The molecule has 0 saturated carbocycles. The molecule has 31 heavy (non-hydrogen) atoms. The molecule has 0 aromatic carbocycles. The molecular weight excluding hydrogens is 420 g/mol. The topological polar surface area (TPSA) is 142 Å². The van der Waals surface area contributed by atoms with Gasteiger partial charge < -0.3 is 21.3 Å². The highest BCUT2D eigenvalue weighted by atomic mass is 32.2. The average Bonchev–Trinajstić information content (AvgIpc) is 2.74. The quantitative estimate of drug-likeness (QED) is 0.482. The number of thioether (sulfide) groups is 1. The molecule has 2 rings (SSSR count). The van der Waals surface area contributed by atoms with Gasteiger partial charge in [-0.25, -0.2) is 4.98 Å².